The lowest BCUT2D eigenvalue weighted by atomic mass is 9.81. The van der Waals surface area contributed by atoms with Gasteiger partial charge < -0.3 is 19.6 Å². The van der Waals surface area contributed by atoms with Crippen molar-refractivity contribution in [3.8, 4) is 11.5 Å². The molecule has 0 spiro atoms. The quantitative estimate of drug-likeness (QED) is 0.707. The lowest BCUT2D eigenvalue weighted by molar-refractivity contribution is -0.113. The van der Waals surface area contributed by atoms with Crippen LogP contribution in [0, 0.1) is 6.57 Å². The van der Waals surface area contributed by atoms with Crippen LogP contribution in [-0.4, -0.2) is 37.5 Å². The third-order valence-corrected chi connectivity index (χ3v) is 5.72. The van der Waals surface area contributed by atoms with Gasteiger partial charge in [-0.25, -0.2) is 11.6 Å². The number of carbonyl (C=O) groups is 1. The molecule has 3 rings (SSSR count). The van der Waals surface area contributed by atoms with E-state index in [1.165, 1.54) is 11.8 Å². The molecule has 7 heteroatoms. The van der Waals surface area contributed by atoms with Crippen LogP contribution >= 0.6 is 11.8 Å². The summed E-state index contributed by atoms with van der Waals surface area (Å²) in [5, 5.41) is 3.62. The summed E-state index contributed by atoms with van der Waals surface area (Å²) >= 11 is 1.43. The van der Waals surface area contributed by atoms with Gasteiger partial charge in [0.25, 0.3) is 11.9 Å². The highest BCUT2D eigenvalue weighted by Gasteiger charge is 2.43. The summed E-state index contributed by atoms with van der Waals surface area (Å²) in [6.07, 6.45) is 1.89. The number of ether oxygens (including phenoxy) is 2. The van der Waals surface area contributed by atoms with Crippen LogP contribution in [0.2, 0.25) is 0 Å². The van der Waals surface area contributed by atoms with Gasteiger partial charge in [-0.3, -0.25) is 4.79 Å². The normalized spacial score (nSPS) is 18.3. The summed E-state index contributed by atoms with van der Waals surface area (Å²) in [4.78, 5) is 21.9. The smallest absolute Gasteiger partial charge is 0.282 e. The summed E-state index contributed by atoms with van der Waals surface area (Å²) in [7, 11) is 3.14. The zero-order chi connectivity index (χ0) is 21.7. The van der Waals surface area contributed by atoms with Crippen molar-refractivity contribution in [1.29, 1.82) is 0 Å². The van der Waals surface area contributed by atoms with Crippen LogP contribution in [0.15, 0.2) is 64.8 Å². The first-order chi connectivity index (χ1) is 14.5. The van der Waals surface area contributed by atoms with Crippen LogP contribution in [0.1, 0.15) is 18.4 Å². The molecule has 1 N–H and O–H groups in total. The third-order valence-electron chi connectivity index (χ3n) is 4.97. The molecule has 0 aromatic heterocycles. The van der Waals surface area contributed by atoms with Crippen molar-refractivity contribution >= 4 is 28.4 Å². The van der Waals surface area contributed by atoms with E-state index in [2.05, 4.69) is 15.2 Å². The van der Waals surface area contributed by atoms with Gasteiger partial charge >= 0.3 is 0 Å². The first-order valence-electron chi connectivity index (χ1n) is 9.32. The summed E-state index contributed by atoms with van der Waals surface area (Å²) in [5.41, 5.74) is 2.38. The Morgan fingerprint density at radius 3 is 2.37 bits per heavy atom. The van der Waals surface area contributed by atoms with Crippen LogP contribution in [-0.2, 0) is 4.79 Å². The zero-order valence-electron chi connectivity index (χ0n) is 17.3. The van der Waals surface area contributed by atoms with Crippen LogP contribution in [0.25, 0.3) is 4.85 Å². The Kier molecular flexibility index (Phi) is 6.80. The van der Waals surface area contributed by atoms with Crippen molar-refractivity contribution in [3.05, 3.63) is 76.8 Å². The number of anilines is 1. The zero-order valence-corrected chi connectivity index (χ0v) is 18.1. The maximum absolute atomic E-state index is 13.4. The average Bonchev–Trinajstić information content (AvgIpc) is 2.78. The van der Waals surface area contributed by atoms with Gasteiger partial charge in [0.15, 0.2) is 5.04 Å². The van der Waals surface area contributed by atoms with Crippen molar-refractivity contribution in [2.75, 3.05) is 25.8 Å². The number of allylic oxidation sites excluding steroid dienone is 1. The minimum Gasteiger partial charge on any atom is -0.496 e. The topological polar surface area (TPSA) is 64.3 Å². The molecule has 0 radical (unpaired) electrons. The number of nitrogens with one attached hydrogen (secondary N) is 1. The molecule has 0 saturated carbocycles. The van der Waals surface area contributed by atoms with E-state index in [9.17, 15) is 4.79 Å². The number of para-hydroxylation sites is 3. The molecule has 1 aliphatic rings. The number of amides is 1. The SMILES string of the molecule is [C-]#[N+]C1C(SC)=NC(C)=C(C(=O)Nc2ccccc2OC)C1c1ccccc1OC. The Balaban J connectivity index is 2.13. The van der Waals surface area contributed by atoms with Gasteiger partial charge in [-0.15, -0.1) is 11.8 Å². The van der Waals surface area contributed by atoms with Crippen LogP contribution < -0.4 is 14.8 Å². The fraction of sp³-hybridized carbons (Fsp3) is 0.261. The lowest BCUT2D eigenvalue weighted by Crippen LogP contribution is -2.34. The number of nitrogens with zero attached hydrogens (tertiary/aromatic N) is 2. The molecule has 30 heavy (non-hydrogen) atoms. The number of carbonyl (C=O) groups excluding carboxylic acids is 1. The monoisotopic (exact) mass is 421 g/mol. The second kappa shape index (κ2) is 9.51. The second-order valence-electron chi connectivity index (χ2n) is 6.60. The van der Waals surface area contributed by atoms with Crippen LogP contribution in [0.3, 0.4) is 0 Å². The van der Waals surface area contributed by atoms with Crippen LogP contribution in [0.5, 0.6) is 11.5 Å². The number of hydrogen-bond acceptors (Lipinski definition) is 5. The Labute approximate surface area is 180 Å². The molecule has 2 unspecified atom stereocenters. The Morgan fingerprint density at radius 2 is 1.73 bits per heavy atom. The highest BCUT2D eigenvalue weighted by Crippen LogP contribution is 2.42. The summed E-state index contributed by atoms with van der Waals surface area (Å²) in [6, 6.07) is 14.1. The summed E-state index contributed by atoms with van der Waals surface area (Å²) in [5.74, 6) is 0.372. The molecule has 0 saturated heterocycles. The van der Waals surface area contributed by atoms with Crippen LogP contribution in [0.4, 0.5) is 5.69 Å². The highest BCUT2D eigenvalue weighted by atomic mass is 32.2. The molecule has 2 aromatic rings. The van der Waals surface area contributed by atoms with Crippen molar-refractivity contribution in [2.45, 2.75) is 18.9 Å². The first kappa shape index (κ1) is 21.5. The van der Waals surface area contributed by atoms with E-state index >= 15 is 0 Å². The van der Waals surface area contributed by atoms with Crippen molar-refractivity contribution in [2.24, 2.45) is 4.99 Å². The van der Waals surface area contributed by atoms with E-state index < -0.39 is 12.0 Å². The minimum atomic E-state index is -0.613. The second-order valence-corrected chi connectivity index (χ2v) is 7.43. The molecule has 6 nitrogen and oxygen atoms in total. The van der Waals surface area contributed by atoms with Gasteiger partial charge in [0, 0.05) is 11.3 Å². The number of methoxy groups -OCH3 is 2. The molecule has 1 heterocycles. The highest BCUT2D eigenvalue weighted by molar-refractivity contribution is 8.13. The molecular formula is C23H23N3O3S. The van der Waals surface area contributed by atoms with Gasteiger partial charge in [0.1, 0.15) is 17.4 Å². The maximum Gasteiger partial charge on any atom is 0.282 e. The largest absolute Gasteiger partial charge is 0.496 e. The third kappa shape index (κ3) is 4.05. The van der Waals surface area contributed by atoms with E-state index in [-0.39, 0.29) is 5.91 Å². The molecule has 0 aliphatic carbocycles. The predicted molar refractivity (Wildman–Crippen MR) is 121 cm³/mol. The summed E-state index contributed by atoms with van der Waals surface area (Å²) in [6.45, 7) is 9.64. The molecule has 1 amide bonds. The molecular weight excluding hydrogens is 398 g/mol. The Morgan fingerprint density at radius 1 is 1.10 bits per heavy atom. The van der Waals surface area contributed by atoms with Gasteiger partial charge in [-0.1, -0.05) is 30.3 Å². The number of aliphatic imine (C=N–C) groups is 1. The fourth-order valence-corrected chi connectivity index (χ4v) is 4.26. The van der Waals surface area contributed by atoms with Crippen molar-refractivity contribution < 1.29 is 14.3 Å². The maximum atomic E-state index is 13.4. The predicted octanol–water partition coefficient (Wildman–Crippen LogP) is 4.76. The van der Waals surface area contributed by atoms with E-state index in [4.69, 9.17) is 16.0 Å². The van der Waals surface area contributed by atoms with E-state index in [0.29, 0.717) is 33.5 Å². The average molecular weight is 422 g/mol. The molecule has 0 bridgehead atoms. The number of rotatable bonds is 5. The van der Waals surface area contributed by atoms with Crippen molar-refractivity contribution in [1.82, 2.24) is 0 Å². The van der Waals surface area contributed by atoms with E-state index in [1.54, 1.807) is 33.3 Å². The number of hydrogen-bond donors (Lipinski definition) is 1. The van der Waals surface area contributed by atoms with E-state index in [1.807, 2.05) is 42.7 Å². The fourth-order valence-electron chi connectivity index (χ4n) is 3.61. The van der Waals surface area contributed by atoms with Gasteiger partial charge in [-0.05, 0) is 31.4 Å². The van der Waals surface area contributed by atoms with Crippen molar-refractivity contribution in [3.63, 3.8) is 0 Å². The van der Waals surface area contributed by atoms with Gasteiger partial charge in [0.2, 0.25) is 0 Å². The molecule has 1 aliphatic heterocycles. The molecule has 0 fully saturated rings. The lowest BCUT2D eigenvalue weighted by Gasteiger charge is -2.28. The molecule has 2 atom stereocenters. The Bertz CT molecular complexity index is 1060. The summed E-state index contributed by atoms with van der Waals surface area (Å²) < 4.78 is 10.9. The number of thioether (sulfide) groups is 1. The van der Waals surface area contributed by atoms with E-state index in [0.717, 1.165) is 5.56 Å². The minimum absolute atomic E-state index is 0.314. The first-order valence-corrected chi connectivity index (χ1v) is 10.5. The number of benzene rings is 2. The Hall–Kier alpha value is -3.24. The van der Waals surface area contributed by atoms with Gasteiger partial charge in [-0.2, -0.15) is 0 Å². The molecule has 154 valence electrons. The molecule has 2 aromatic carbocycles. The van der Waals surface area contributed by atoms with Gasteiger partial charge in [0.05, 0.1) is 25.5 Å². The standard InChI is InChI=1S/C23H23N3O3S/c1-14-19(22(27)26-16-11-7-9-13-18(16)29-4)20(21(24-2)23(25-14)30-5)15-10-6-8-12-17(15)28-3/h6-13,20-21H,1,3-5H3,(H,26,27).